The van der Waals surface area contributed by atoms with Gasteiger partial charge in [-0.3, -0.25) is 0 Å². The number of rotatable bonds is 14. The maximum atomic E-state index is 11.3. The van der Waals surface area contributed by atoms with Crippen LogP contribution in [0.5, 0.6) is 5.75 Å². The second-order valence-electron chi connectivity index (χ2n) is 10.00. The summed E-state index contributed by atoms with van der Waals surface area (Å²) in [5.74, 6) is -5.65. The number of nitrogens with two attached hydrogens (primary N) is 1. The number of benzene rings is 1. The Balaban J connectivity index is 0.00000600. The number of carboxylic acid groups (broad SMARTS) is 4. The van der Waals surface area contributed by atoms with Crippen LogP contribution in [-0.4, -0.2) is 72.1 Å². The van der Waals surface area contributed by atoms with Gasteiger partial charge in [0.1, 0.15) is 17.4 Å². The largest absolute Gasteiger partial charge is 1.00 e. The molecule has 0 unspecified atom stereocenters. The number of carbonyl (C=O) groups is 4. The third kappa shape index (κ3) is 13.1. The number of anilines is 3. The Labute approximate surface area is 375 Å². The summed E-state index contributed by atoms with van der Waals surface area (Å²) in [6.45, 7) is -1.34. The Hall–Kier alpha value is -2.25. The van der Waals surface area contributed by atoms with E-state index in [1.165, 1.54) is 25.3 Å². The predicted octanol–water partition coefficient (Wildman–Crippen LogP) is -14.6. The molecular weight excluding hydrogens is 692 g/mol. The van der Waals surface area contributed by atoms with E-state index in [0.717, 1.165) is 9.80 Å². The summed E-state index contributed by atoms with van der Waals surface area (Å²) in [6.07, 6.45) is 0. The third-order valence-electron chi connectivity index (χ3n) is 6.64. The number of carboxylic acids is 4. The van der Waals surface area contributed by atoms with Crippen LogP contribution in [0.15, 0.2) is 60.7 Å². The van der Waals surface area contributed by atoms with E-state index in [-0.39, 0.29) is 153 Å². The number of nitrogens with zero attached hydrogens (tertiary/aromatic N) is 5. The zero-order chi connectivity index (χ0) is 33.5. The summed E-state index contributed by atoms with van der Waals surface area (Å²) in [4.78, 5) is 61.0. The van der Waals surface area contributed by atoms with Crippen LogP contribution in [0.1, 0.15) is 5.56 Å². The molecule has 0 radical (unpaired) electrons. The van der Waals surface area contributed by atoms with E-state index < -0.39 is 50.1 Å². The molecule has 0 spiro atoms. The quantitative estimate of drug-likeness (QED) is 0.0941. The molecule has 1 aromatic carbocycles. The number of aromatic nitrogens is 3. The van der Waals surface area contributed by atoms with Gasteiger partial charge in [-0.25, -0.2) is 15.0 Å². The van der Waals surface area contributed by atoms with Gasteiger partial charge in [0.15, 0.2) is 0 Å². The molecule has 2 N–H and O–H groups in total. The van der Waals surface area contributed by atoms with Gasteiger partial charge in [-0.15, -0.1) is 0 Å². The van der Waals surface area contributed by atoms with Crippen LogP contribution in [0.25, 0.3) is 33.9 Å². The number of pyridine rings is 3. The maximum absolute atomic E-state index is 11.3. The van der Waals surface area contributed by atoms with Crippen molar-refractivity contribution in [2.24, 2.45) is 0 Å². The fraction of sp³-hybridized carbons (Fsp3) is 0.194. The molecule has 0 aliphatic heterocycles. The zero-order valence-electron chi connectivity index (χ0n) is 28.6. The topological polar surface area (TPSA) is 241 Å². The molecule has 3 heterocycles. The first kappa shape index (κ1) is 47.8. The number of carbonyl (C=O) groups excluding carboxylic acids is 4. The summed E-state index contributed by atoms with van der Waals surface area (Å²) in [7, 11) is 1.47. The van der Waals surface area contributed by atoms with Gasteiger partial charge in [-0.2, -0.15) is 0 Å². The van der Waals surface area contributed by atoms with E-state index in [4.69, 9.17) is 15.5 Å². The smallest absolute Gasteiger partial charge is 0.548 e. The first-order valence-electron chi connectivity index (χ1n) is 13.5. The second kappa shape index (κ2) is 22.0. The fourth-order valence-corrected chi connectivity index (χ4v) is 4.62. The fourth-order valence-electron chi connectivity index (χ4n) is 4.62. The van der Waals surface area contributed by atoms with Crippen molar-refractivity contribution in [2.75, 3.05) is 48.8 Å². The molecule has 0 saturated heterocycles. The minimum Gasteiger partial charge on any atom is -0.548 e. The molecule has 15 nitrogen and oxygen atoms in total. The molecule has 0 bridgehead atoms. The van der Waals surface area contributed by atoms with Crippen LogP contribution in [0.2, 0.25) is 0 Å². The second-order valence-corrected chi connectivity index (χ2v) is 10.00. The van der Waals surface area contributed by atoms with Gasteiger partial charge in [-0.05, 0) is 66.1 Å². The van der Waals surface area contributed by atoms with Gasteiger partial charge in [0, 0.05) is 0 Å². The van der Waals surface area contributed by atoms with Crippen molar-refractivity contribution >= 4 is 41.2 Å². The number of nitrogen functional groups attached to an aromatic ring is 1. The predicted molar refractivity (Wildman–Crippen MR) is 156 cm³/mol. The summed E-state index contributed by atoms with van der Waals surface area (Å²) in [6, 6.07) is 16.1. The summed E-state index contributed by atoms with van der Waals surface area (Å²) in [5, 5.41) is 45.3. The first-order chi connectivity index (χ1) is 21.8. The number of aliphatic carboxylic acids is 4. The molecule has 0 aliphatic carbocycles. The van der Waals surface area contributed by atoms with Crippen LogP contribution in [0, 0.1) is 6.92 Å². The van der Waals surface area contributed by atoms with Crippen LogP contribution >= 0.6 is 0 Å². The molecule has 19 heteroatoms. The van der Waals surface area contributed by atoms with Crippen LogP contribution in [-0.2, 0) is 19.2 Å². The van der Waals surface area contributed by atoms with Crippen molar-refractivity contribution < 1.29 is 163 Å². The Morgan fingerprint density at radius 3 is 1.66 bits per heavy atom. The molecular formula is C31H26N6Na4O9. The van der Waals surface area contributed by atoms with E-state index in [9.17, 15) is 39.6 Å². The molecule has 0 saturated carbocycles. The molecule has 50 heavy (non-hydrogen) atoms. The summed E-state index contributed by atoms with van der Waals surface area (Å²) >= 11 is 0. The normalized spacial score (nSPS) is 9.80. The number of ether oxygens (including phenoxy) is 1. The molecule has 4 aromatic rings. The van der Waals surface area contributed by atoms with Gasteiger partial charge in [-0.1, -0.05) is 18.2 Å². The third-order valence-corrected chi connectivity index (χ3v) is 6.64. The molecule has 238 valence electrons. The maximum Gasteiger partial charge on any atom is 1.00 e. The van der Waals surface area contributed by atoms with Crippen LogP contribution in [0.4, 0.5) is 17.3 Å². The van der Waals surface area contributed by atoms with E-state index in [1.54, 1.807) is 49.4 Å². The van der Waals surface area contributed by atoms with E-state index >= 15 is 0 Å². The van der Waals surface area contributed by atoms with Crippen molar-refractivity contribution in [3.05, 3.63) is 66.2 Å². The van der Waals surface area contributed by atoms with Crippen LogP contribution in [0.3, 0.4) is 0 Å². The van der Waals surface area contributed by atoms with Crippen molar-refractivity contribution in [2.45, 2.75) is 6.92 Å². The standard InChI is InChI=1S/C31H30N6O9.4Na/c1-17-6-9-26(37(15-29(42)43)16-30(44)45)35-31(17)23-12-19(18-7-8-24(46-2)20(32)10-18)11-22(33-23)21-4-3-5-25(34-21)36(13-27(38)39)14-28(40)41;;;;/h3-12H,13-16,32H2,1-2H3,(H,38,39)(H,40,41)(H,42,43)(H,44,45);;;;/q;4*+1/p-4. The number of aryl methyl sites for hydroxylation is 1. The van der Waals surface area contributed by atoms with Crippen molar-refractivity contribution in [1.29, 1.82) is 0 Å². The van der Waals surface area contributed by atoms with E-state index in [1.807, 2.05) is 0 Å². The molecule has 4 rings (SSSR count). The van der Waals surface area contributed by atoms with Crippen LogP contribution < -0.4 is 159 Å². The zero-order valence-corrected chi connectivity index (χ0v) is 36.6. The number of hydrogen-bond donors (Lipinski definition) is 1. The van der Waals surface area contributed by atoms with Crippen molar-refractivity contribution in [3.63, 3.8) is 0 Å². The summed E-state index contributed by atoms with van der Waals surface area (Å²) in [5.41, 5.74) is 9.37. The summed E-state index contributed by atoms with van der Waals surface area (Å²) < 4.78 is 5.27. The average molecular weight is 719 g/mol. The minimum atomic E-state index is -1.53. The monoisotopic (exact) mass is 718 g/mol. The molecule has 0 fully saturated rings. The van der Waals surface area contributed by atoms with Gasteiger partial charge < -0.3 is 59.9 Å². The SMILES string of the molecule is COc1ccc(-c2cc(-c3cccc(N(CC(=O)[O-])CC(=O)[O-])n3)nc(-c3nc(N(CC(=O)[O-])CC(=O)[O-])ccc3C)c2)cc1N.[Na+].[Na+].[Na+].[Na+]. The minimum absolute atomic E-state index is 0. The first-order valence-corrected chi connectivity index (χ1v) is 13.5. The Kier molecular flexibility index (Phi) is 21.0. The van der Waals surface area contributed by atoms with Crippen molar-refractivity contribution in [3.8, 4) is 39.7 Å². The van der Waals surface area contributed by atoms with Crippen molar-refractivity contribution in [1.82, 2.24) is 15.0 Å². The van der Waals surface area contributed by atoms with Gasteiger partial charge in [0.2, 0.25) is 0 Å². The Morgan fingerprint density at radius 1 is 0.640 bits per heavy atom. The van der Waals surface area contributed by atoms with Gasteiger partial charge in [0.05, 0.1) is 85.6 Å². The molecule has 0 aliphatic rings. The Morgan fingerprint density at radius 2 is 1.16 bits per heavy atom. The van der Waals surface area contributed by atoms with E-state index in [2.05, 4.69) is 9.97 Å². The molecule has 3 aromatic heterocycles. The average Bonchev–Trinajstić information content (AvgIpc) is 2.99. The van der Waals surface area contributed by atoms with Gasteiger partial charge >= 0.3 is 118 Å². The molecule has 0 amide bonds. The Bertz CT molecular complexity index is 1800. The number of methoxy groups -OCH3 is 1. The number of hydrogen-bond acceptors (Lipinski definition) is 15. The molecule has 0 atom stereocenters. The van der Waals surface area contributed by atoms with Gasteiger partial charge in [0.25, 0.3) is 0 Å². The van der Waals surface area contributed by atoms with E-state index in [0.29, 0.717) is 28.1 Å².